The molecule has 23 heavy (non-hydrogen) atoms. The van der Waals surface area contributed by atoms with Crippen LogP contribution < -0.4 is 0 Å². The van der Waals surface area contributed by atoms with Crippen LogP contribution in [0, 0.1) is 41.4 Å². The zero-order valence-electron chi connectivity index (χ0n) is 12.0. The van der Waals surface area contributed by atoms with Gasteiger partial charge >= 0.3 is 11.2 Å². The predicted octanol–water partition coefficient (Wildman–Crippen LogP) is 2.05. The number of halogens is 4. The largest absolute Gasteiger partial charge is 0.743 e. The first-order chi connectivity index (χ1) is 10.5. The van der Waals surface area contributed by atoms with Gasteiger partial charge in [-0.1, -0.05) is 0 Å². The lowest BCUT2D eigenvalue weighted by molar-refractivity contribution is -0.210. The summed E-state index contributed by atoms with van der Waals surface area (Å²) >= 11 is 0. The zero-order valence-corrected chi connectivity index (χ0v) is 12.9. The minimum atomic E-state index is -6.43. The Hall–Kier alpha value is -0.410. The highest BCUT2D eigenvalue weighted by atomic mass is 32.2. The molecule has 8 atom stereocenters. The molecule has 4 nitrogen and oxygen atoms in total. The Morgan fingerprint density at radius 3 is 2.04 bits per heavy atom. The second-order valence-corrected chi connectivity index (χ2v) is 9.13. The summed E-state index contributed by atoms with van der Waals surface area (Å²) in [5.74, 6) is -7.46. The Balaban J connectivity index is 1.65. The van der Waals surface area contributed by atoms with Gasteiger partial charge in [-0.05, 0) is 61.2 Å². The summed E-state index contributed by atoms with van der Waals surface area (Å²) in [4.78, 5) is 0. The van der Waals surface area contributed by atoms with Gasteiger partial charge in [0.1, 0.15) is 0 Å². The Bertz CT molecular complexity index is 637. The fourth-order valence-electron chi connectivity index (χ4n) is 6.36. The third kappa shape index (κ3) is 1.81. The number of rotatable bonds is 3. The van der Waals surface area contributed by atoms with Gasteiger partial charge in [0.05, 0.1) is 6.10 Å². The fraction of sp³-hybridized carbons (Fsp3) is 1.00. The smallest absolute Gasteiger partial charge is 0.396 e. The van der Waals surface area contributed by atoms with Crippen molar-refractivity contribution in [3.63, 3.8) is 0 Å². The molecule has 4 fully saturated rings. The predicted molar refractivity (Wildman–Crippen MR) is 68.5 cm³/mol. The summed E-state index contributed by atoms with van der Waals surface area (Å²) in [6.07, 6.45) is 0.967. The molecule has 0 aromatic carbocycles. The molecule has 0 aliphatic heterocycles. The van der Waals surface area contributed by atoms with Crippen LogP contribution in [0.3, 0.4) is 0 Å². The number of aliphatic hydroxyl groups excluding tert-OH is 1. The van der Waals surface area contributed by atoms with E-state index in [2.05, 4.69) is 0 Å². The molecule has 4 aliphatic rings. The Kier molecular flexibility index (Phi) is 3.08. The van der Waals surface area contributed by atoms with E-state index < -0.39 is 39.2 Å². The topological polar surface area (TPSA) is 77.4 Å². The molecule has 0 aromatic rings. The third-order valence-corrected chi connectivity index (χ3v) is 7.85. The summed E-state index contributed by atoms with van der Waals surface area (Å²) < 4.78 is 87.6. The number of hydrogen-bond donors (Lipinski definition) is 1. The minimum Gasteiger partial charge on any atom is -0.743 e. The van der Waals surface area contributed by atoms with Crippen molar-refractivity contribution >= 4 is 10.1 Å². The van der Waals surface area contributed by atoms with Crippen molar-refractivity contribution in [1.82, 2.24) is 0 Å². The van der Waals surface area contributed by atoms with Crippen molar-refractivity contribution in [2.75, 3.05) is 0 Å². The van der Waals surface area contributed by atoms with Gasteiger partial charge in [0, 0.05) is 5.92 Å². The lowest BCUT2D eigenvalue weighted by Gasteiger charge is -2.44. The van der Waals surface area contributed by atoms with Crippen molar-refractivity contribution in [2.45, 2.75) is 43.0 Å². The molecule has 8 unspecified atom stereocenters. The molecular weight excluding hydrogens is 340 g/mol. The summed E-state index contributed by atoms with van der Waals surface area (Å²) in [7, 11) is -6.43. The molecule has 132 valence electrons. The molecular formula is C14H17F4O4S-. The van der Waals surface area contributed by atoms with Gasteiger partial charge in [-0.2, -0.15) is 17.6 Å². The summed E-state index contributed by atoms with van der Waals surface area (Å²) in [6.45, 7) is 0. The number of aliphatic hydroxyl groups is 1. The van der Waals surface area contributed by atoms with Gasteiger partial charge < -0.3 is 9.66 Å². The second-order valence-electron chi connectivity index (χ2n) is 7.71. The van der Waals surface area contributed by atoms with Crippen LogP contribution in [0.25, 0.3) is 0 Å². The maximum atomic E-state index is 14.3. The van der Waals surface area contributed by atoms with Crippen molar-refractivity contribution in [3.05, 3.63) is 0 Å². The molecule has 0 spiro atoms. The van der Waals surface area contributed by atoms with Crippen LogP contribution in [0.2, 0.25) is 0 Å². The van der Waals surface area contributed by atoms with E-state index in [9.17, 15) is 35.6 Å². The number of hydrogen-bond acceptors (Lipinski definition) is 4. The quantitative estimate of drug-likeness (QED) is 0.476. The molecule has 4 bridgehead atoms. The maximum absolute atomic E-state index is 14.3. The molecule has 4 aliphatic carbocycles. The Morgan fingerprint density at radius 1 is 0.913 bits per heavy atom. The summed E-state index contributed by atoms with van der Waals surface area (Å²) in [5.41, 5.74) is 0. The van der Waals surface area contributed by atoms with E-state index in [0.29, 0.717) is 12.8 Å². The van der Waals surface area contributed by atoms with Crippen LogP contribution in [0.5, 0.6) is 0 Å². The van der Waals surface area contributed by atoms with Gasteiger partial charge in [-0.25, -0.2) is 8.42 Å². The first-order valence-electron chi connectivity index (χ1n) is 7.86. The van der Waals surface area contributed by atoms with Crippen molar-refractivity contribution in [3.8, 4) is 0 Å². The lowest BCUT2D eigenvalue weighted by atomic mass is 9.65. The summed E-state index contributed by atoms with van der Waals surface area (Å²) in [5, 5.41) is 4.39. The molecule has 0 heterocycles. The van der Waals surface area contributed by atoms with E-state index in [1.54, 1.807) is 0 Å². The highest BCUT2D eigenvalue weighted by molar-refractivity contribution is 7.86. The van der Waals surface area contributed by atoms with Crippen LogP contribution in [0.4, 0.5) is 17.6 Å². The summed E-state index contributed by atoms with van der Waals surface area (Å²) in [6, 6.07) is 0. The lowest BCUT2D eigenvalue weighted by Crippen LogP contribution is -2.54. The molecule has 1 N–H and O–H groups in total. The van der Waals surface area contributed by atoms with Gasteiger partial charge in [-0.15, -0.1) is 0 Å². The first-order valence-corrected chi connectivity index (χ1v) is 9.26. The van der Waals surface area contributed by atoms with Crippen molar-refractivity contribution in [2.24, 2.45) is 41.4 Å². The van der Waals surface area contributed by atoms with E-state index >= 15 is 0 Å². The molecule has 0 amide bonds. The van der Waals surface area contributed by atoms with Crippen molar-refractivity contribution in [1.29, 1.82) is 0 Å². The van der Waals surface area contributed by atoms with E-state index in [4.69, 9.17) is 0 Å². The van der Waals surface area contributed by atoms with Crippen LogP contribution in [0.15, 0.2) is 0 Å². The minimum absolute atomic E-state index is 0.0473. The molecule has 0 aromatic heterocycles. The van der Waals surface area contributed by atoms with E-state index in [1.807, 2.05) is 0 Å². The standard InChI is InChI=1S/C14H18F4O4S/c15-13(16,14(17,18)23(20,21)22)9-3-5-1-7(9)11-6-2-8(12(5)11)10(19)4-6/h5-12,19H,1-4H2,(H,20,21,22)/p-1. The molecule has 0 saturated heterocycles. The van der Waals surface area contributed by atoms with Gasteiger partial charge in [0.15, 0.2) is 10.1 Å². The fourth-order valence-corrected chi connectivity index (χ4v) is 6.85. The van der Waals surface area contributed by atoms with Gasteiger partial charge in [0.25, 0.3) is 0 Å². The molecule has 4 rings (SSSR count). The molecule has 4 saturated carbocycles. The van der Waals surface area contributed by atoms with Crippen LogP contribution in [0.1, 0.15) is 25.7 Å². The van der Waals surface area contributed by atoms with Crippen molar-refractivity contribution < 1.29 is 35.6 Å². The highest BCUT2D eigenvalue weighted by Gasteiger charge is 2.73. The highest BCUT2D eigenvalue weighted by Crippen LogP contribution is 2.71. The zero-order chi connectivity index (χ0) is 16.9. The van der Waals surface area contributed by atoms with Gasteiger partial charge in [-0.3, -0.25) is 0 Å². The maximum Gasteiger partial charge on any atom is 0.396 e. The van der Waals surface area contributed by atoms with Crippen LogP contribution in [-0.2, 0) is 10.1 Å². The Morgan fingerprint density at radius 2 is 1.43 bits per heavy atom. The number of alkyl halides is 4. The second kappa shape index (κ2) is 4.40. The Labute approximate surface area is 131 Å². The van der Waals surface area contributed by atoms with Crippen LogP contribution >= 0.6 is 0 Å². The normalized spacial score (nSPS) is 49.0. The number of fused-ring (bicyclic) bond motifs is 9. The molecule has 0 radical (unpaired) electrons. The van der Waals surface area contributed by atoms with E-state index in [1.165, 1.54) is 0 Å². The average molecular weight is 357 g/mol. The average Bonchev–Trinajstić information content (AvgIpc) is 3.13. The first kappa shape index (κ1) is 16.1. The monoisotopic (exact) mass is 357 g/mol. The van der Waals surface area contributed by atoms with E-state index in [0.717, 1.165) is 6.42 Å². The third-order valence-electron chi connectivity index (χ3n) is 6.95. The van der Waals surface area contributed by atoms with Gasteiger partial charge in [0.2, 0.25) is 0 Å². The van der Waals surface area contributed by atoms with Crippen LogP contribution in [-0.4, -0.2) is 35.4 Å². The van der Waals surface area contributed by atoms with E-state index in [-0.39, 0.29) is 36.0 Å². The SMILES string of the molecule is O=S(=O)([O-])C(F)(F)C(F)(F)C1CC2CC1C1C3CC(O)C(C3)C21. The molecule has 9 heteroatoms.